The highest BCUT2D eigenvalue weighted by Gasteiger charge is 2.09. The molecule has 0 heterocycles. The minimum atomic E-state index is -0.808. The molecule has 0 saturated carbocycles. The largest absolute Gasteiger partial charge is 0.383 e. The van der Waals surface area contributed by atoms with Crippen LogP contribution in [0.4, 0.5) is 0 Å². The number of aliphatic hydroxyl groups is 1. The molecule has 0 bridgehead atoms. The summed E-state index contributed by atoms with van der Waals surface area (Å²) in [6.07, 6.45) is 10.9. The van der Waals surface area contributed by atoms with Crippen LogP contribution in [0.15, 0.2) is 42.0 Å². The van der Waals surface area contributed by atoms with Crippen molar-refractivity contribution in [3.63, 3.8) is 0 Å². The van der Waals surface area contributed by atoms with Crippen molar-refractivity contribution in [3.05, 3.63) is 47.5 Å². The smallest absolute Gasteiger partial charge is 0.112 e. The molecule has 0 amide bonds. The van der Waals surface area contributed by atoms with Crippen LogP contribution in [0.25, 0.3) is 0 Å². The van der Waals surface area contributed by atoms with Crippen LogP contribution in [0.3, 0.4) is 0 Å². The van der Waals surface area contributed by atoms with Crippen molar-refractivity contribution < 1.29 is 5.11 Å². The van der Waals surface area contributed by atoms with Crippen molar-refractivity contribution in [3.8, 4) is 24.7 Å². The Labute approximate surface area is 84.1 Å². The summed E-state index contributed by atoms with van der Waals surface area (Å²) in [6.45, 7) is 0. The van der Waals surface area contributed by atoms with E-state index in [2.05, 4.69) is 11.8 Å². The van der Waals surface area contributed by atoms with Crippen LogP contribution in [0.5, 0.6) is 0 Å². The Kier molecular flexibility index (Phi) is 3.56. The molecule has 0 aliphatic rings. The minimum absolute atomic E-state index is 0.402. The molecular formula is C13H10O. The molecular weight excluding hydrogens is 172 g/mol. The number of hydrogen-bond acceptors (Lipinski definition) is 1. The number of rotatable bonds is 2. The summed E-state index contributed by atoms with van der Waals surface area (Å²) < 4.78 is 0. The molecule has 1 heteroatoms. The monoisotopic (exact) mass is 182 g/mol. The molecule has 0 aliphatic heterocycles. The van der Waals surface area contributed by atoms with Crippen LogP contribution >= 0.6 is 0 Å². The number of hydrogen-bond donors (Lipinski definition) is 1. The first-order valence-electron chi connectivity index (χ1n) is 4.15. The van der Waals surface area contributed by atoms with Gasteiger partial charge in [0.1, 0.15) is 6.10 Å². The van der Waals surface area contributed by atoms with Crippen molar-refractivity contribution in [2.45, 2.75) is 6.10 Å². The zero-order chi connectivity index (χ0) is 10.4. The van der Waals surface area contributed by atoms with Crippen LogP contribution in [0.2, 0.25) is 0 Å². The van der Waals surface area contributed by atoms with Gasteiger partial charge < -0.3 is 5.11 Å². The molecule has 0 saturated heterocycles. The molecule has 1 rings (SSSR count). The maximum absolute atomic E-state index is 9.81. The van der Waals surface area contributed by atoms with Gasteiger partial charge in [-0.05, 0) is 5.56 Å². The molecule has 1 aromatic carbocycles. The van der Waals surface area contributed by atoms with E-state index in [0.29, 0.717) is 5.57 Å². The first-order chi connectivity index (χ1) is 6.79. The SMILES string of the molecule is C#C/C=C(\C#C)C(O)c1ccccc1. The Balaban J connectivity index is 2.98. The lowest BCUT2D eigenvalue weighted by atomic mass is 10.0. The second-order valence-electron chi connectivity index (χ2n) is 2.72. The summed E-state index contributed by atoms with van der Waals surface area (Å²) >= 11 is 0. The Morgan fingerprint density at radius 2 is 1.93 bits per heavy atom. The molecule has 1 nitrogen and oxygen atoms in total. The van der Waals surface area contributed by atoms with Gasteiger partial charge in [-0.15, -0.1) is 12.8 Å². The van der Waals surface area contributed by atoms with Crippen LogP contribution in [0, 0.1) is 24.7 Å². The Hall–Kier alpha value is -1.96. The van der Waals surface area contributed by atoms with E-state index >= 15 is 0 Å². The van der Waals surface area contributed by atoms with Gasteiger partial charge in [0.05, 0.1) is 0 Å². The van der Waals surface area contributed by atoms with Crippen molar-refractivity contribution >= 4 is 0 Å². The average Bonchev–Trinajstić information content (AvgIpc) is 2.26. The lowest BCUT2D eigenvalue weighted by Gasteiger charge is -2.09. The number of terminal acetylenes is 2. The lowest BCUT2D eigenvalue weighted by Crippen LogP contribution is -1.99. The van der Waals surface area contributed by atoms with E-state index in [4.69, 9.17) is 12.8 Å². The van der Waals surface area contributed by atoms with E-state index < -0.39 is 6.10 Å². The van der Waals surface area contributed by atoms with Gasteiger partial charge in [-0.25, -0.2) is 0 Å². The molecule has 0 aliphatic carbocycles. The molecule has 14 heavy (non-hydrogen) atoms. The van der Waals surface area contributed by atoms with E-state index in [1.165, 1.54) is 6.08 Å². The maximum Gasteiger partial charge on any atom is 0.112 e. The molecule has 1 unspecified atom stereocenters. The summed E-state index contributed by atoms with van der Waals surface area (Å²) in [5.41, 5.74) is 1.14. The number of aliphatic hydroxyl groups excluding tert-OH is 1. The van der Waals surface area contributed by atoms with Crippen LogP contribution in [-0.4, -0.2) is 5.11 Å². The summed E-state index contributed by atoms with van der Waals surface area (Å²) in [5.74, 6) is 4.67. The zero-order valence-corrected chi connectivity index (χ0v) is 7.64. The molecule has 0 spiro atoms. The second-order valence-corrected chi connectivity index (χ2v) is 2.72. The van der Waals surface area contributed by atoms with Gasteiger partial charge in [-0.3, -0.25) is 0 Å². The van der Waals surface area contributed by atoms with Gasteiger partial charge in [-0.1, -0.05) is 42.2 Å². The molecule has 68 valence electrons. The zero-order valence-electron chi connectivity index (χ0n) is 7.64. The maximum atomic E-state index is 9.81. The summed E-state index contributed by atoms with van der Waals surface area (Å²) in [5, 5.41) is 9.81. The van der Waals surface area contributed by atoms with Crippen molar-refractivity contribution in [2.24, 2.45) is 0 Å². The Morgan fingerprint density at radius 3 is 2.43 bits per heavy atom. The van der Waals surface area contributed by atoms with E-state index in [9.17, 15) is 5.11 Å². The number of allylic oxidation sites excluding steroid dienone is 1. The Morgan fingerprint density at radius 1 is 1.29 bits per heavy atom. The van der Waals surface area contributed by atoms with Crippen molar-refractivity contribution in [1.29, 1.82) is 0 Å². The van der Waals surface area contributed by atoms with E-state index in [-0.39, 0.29) is 0 Å². The van der Waals surface area contributed by atoms with E-state index in [1.807, 2.05) is 18.2 Å². The number of benzene rings is 1. The van der Waals surface area contributed by atoms with Crippen LogP contribution in [0.1, 0.15) is 11.7 Å². The standard InChI is InChI=1S/C13H10O/c1-3-8-11(4-2)13(14)12-9-6-5-7-10-12/h1-2,5-10,13-14H/b11-8+. The van der Waals surface area contributed by atoms with E-state index in [1.54, 1.807) is 12.1 Å². The van der Waals surface area contributed by atoms with Crippen molar-refractivity contribution in [2.75, 3.05) is 0 Å². The lowest BCUT2D eigenvalue weighted by molar-refractivity contribution is 0.221. The average molecular weight is 182 g/mol. The summed E-state index contributed by atoms with van der Waals surface area (Å²) in [4.78, 5) is 0. The molecule has 0 aromatic heterocycles. The van der Waals surface area contributed by atoms with Gasteiger partial charge >= 0.3 is 0 Å². The van der Waals surface area contributed by atoms with E-state index in [0.717, 1.165) is 5.56 Å². The first-order valence-corrected chi connectivity index (χ1v) is 4.15. The third-order valence-electron chi connectivity index (χ3n) is 1.82. The highest BCUT2D eigenvalue weighted by Crippen LogP contribution is 2.19. The normalized spacial score (nSPS) is 12.6. The molecule has 1 N–H and O–H groups in total. The summed E-state index contributed by atoms with van der Waals surface area (Å²) in [7, 11) is 0. The van der Waals surface area contributed by atoms with Gasteiger partial charge in [-0.2, -0.15) is 0 Å². The highest BCUT2D eigenvalue weighted by atomic mass is 16.3. The topological polar surface area (TPSA) is 20.2 Å². The predicted octanol–water partition coefficient (Wildman–Crippen LogP) is 1.91. The quantitative estimate of drug-likeness (QED) is 0.693. The van der Waals surface area contributed by atoms with Crippen molar-refractivity contribution in [1.82, 2.24) is 0 Å². The van der Waals surface area contributed by atoms with Gasteiger partial charge in [0.25, 0.3) is 0 Å². The molecule has 1 atom stereocenters. The van der Waals surface area contributed by atoms with Gasteiger partial charge in [0.2, 0.25) is 0 Å². The molecule has 1 aromatic rings. The third-order valence-corrected chi connectivity index (χ3v) is 1.82. The first kappa shape index (κ1) is 10.1. The third kappa shape index (κ3) is 2.26. The van der Waals surface area contributed by atoms with Crippen LogP contribution in [-0.2, 0) is 0 Å². The fraction of sp³-hybridized carbons (Fsp3) is 0.0769. The molecule has 0 fully saturated rings. The molecule has 0 radical (unpaired) electrons. The fourth-order valence-corrected chi connectivity index (χ4v) is 1.10. The van der Waals surface area contributed by atoms with Gasteiger partial charge in [0.15, 0.2) is 0 Å². The minimum Gasteiger partial charge on any atom is -0.383 e. The highest BCUT2D eigenvalue weighted by molar-refractivity contribution is 5.39. The fourth-order valence-electron chi connectivity index (χ4n) is 1.10. The Bertz CT molecular complexity index is 401. The summed E-state index contributed by atoms with van der Waals surface area (Å²) in [6, 6.07) is 9.14. The van der Waals surface area contributed by atoms with Gasteiger partial charge in [0, 0.05) is 11.6 Å². The predicted molar refractivity (Wildman–Crippen MR) is 57.2 cm³/mol. The van der Waals surface area contributed by atoms with Crippen LogP contribution < -0.4 is 0 Å². The second kappa shape index (κ2) is 4.92.